The summed E-state index contributed by atoms with van der Waals surface area (Å²) in [5, 5.41) is 0. The molecule has 0 saturated heterocycles. The average molecular weight is 285 g/mol. The molecule has 0 bridgehead atoms. The van der Waals surface area contributed by atoms with E-state index in [-0.39, 0.29) is 11.5 Å². The number of ether oxygens (including phenoxy) is 1. The van der Waals surface area contributed by atoms with Crippen molar-refractivity contribution in [1.29, 1.82) is 0 Å². The Kier molecular flexibility index (Phi) is 3.60. The summed E-state index contributed by atoms with van der Waals surface area (Å²) in [5.41, 5.74) is 1.58. The van der Waals surface area contributed by atoms with Crippen molar-refractivity contribution in [2.75, 3.05) is 18.1 Å². The van der Waals surface area contributed by atoms with Crippen LogP contribution in [0.15, 0.2) is 42.5 Å². The maximum Gasteiger partial charge on any atom is 0.261 e. The maximum absolute atomic E-state index is 14.1. The molecule has 21 heavy (non-hydrogen) atoms. The SMILES string of the molecule is Cc1ccc(C(=O)N2CCCOc3ccccc32)c(F)c1. The number of carbonyl (C=O) groups excluding carboxylic acids is 1. The summed E-state index contributed by atoms with van der Waals surface area (Å²) in [7, 11) is 0. The van der Waals surface area contributed by atoms with Gasteiger partial charge in [-0.25, -0.2) is 4.39 Å². The zero-order valence-electron chi connectivity index (χ0n) is 11.8. The lowest BCUT2D eigenvalue weighted by Gasteiger charge is -2.22. The van der Waals surface area contributed by atoms with Gasteiger partial charge in [0, 0.05) is 6.54 Å². The molecule has 0 N–H and O–H groups in total. The van der Waals surface area contributed by atoms with Gasteiger partial charge in [0.25, 0.3) is 5.91 Å². The zero-order chi connectivity index (χ0) is 14.8. The molecule has 1 aliphatic heterocycles. The number of fused-ring (bicyclic) bond motifs is 1. The summed E-state index contributed by atoms with van der Waals surface area (Å²) in [6.45, 7) is 2.87. The van der Waals surface area contributed by atoms with E-state index in [0.717, 1.165) is 5.56 Å². The first-order chi connectivity index (χ1) is 10.2. The highest BCUT2D eigenvalue weighted by molar-refractivity contribution is 6.07. The molecule has 3 nitrogen and oxygen atoms in total. The summed E-state index contributed by atoms with van der Waals surface area (Å²) in [6, 6.07) is 12.0. The van der Waals surface area contributed by atoms with Crippen molar-refractivity contribution in [3.63, 3.8) is 0 Å². The third-order valence-corrected chi connectivity index (χ3v) is 3.54. The van der Waals surface area contributed by atoms with Crippen LogP contribution in [0.5, 0.6) is 5.75 Å². The fourth-order valence-electron chi connectivity index (χ4n) is 2.48. The van der Waals surface area contributed by atoms with Crippen molar-refractivity contribution in [2.45, 2.75) is 13.3 Å². The number of nitrogens with zero attached hydrogens (tertiary/aromatic N) is 1. The van der Waals surface area contributed by atoms with Crippen LogP contribution in [0.1, 0.15) is 22.3 Å². The van der Waals surface area contributed by atoms with Gasteiger partial charge < -0.3 is 9.64 Å². The summed E-state index contributed by atoms with van der Waals surface area (Å²) >= 11 is 0. The summed E-state index contributed by atoms with van der Waals surface area (Å²) < 4.78 is 19.7. The van der Waals surface area contributed by atoms with Crippen LogP contribution in [0.3, 0.4) is 0 Å². The topological polar surface area (TPSA) is 29.5 Å². The molecule has 0 unspecified atom stereocenters. The fourth-order valence-corrected chi connectivity index (χ4v) is 2.48. The standard InChI is InChI=1S/C17H16FNO2/c1-12-7-8-13(14(18)11-12)17(20)19-9-4-10-21-16-6-3-2-5-15(16)19/h2-3,5-8,11H,4,9-10H2,1H3. The number of amides is 1. The third-order valence-electron chi connectivity index (χ3n) is 3.54. The molecule has 0 radical (unpaired) electrons. The van der Waals surface area contributed by atoms with Gasteiger partial charge in [-0.15, -0.1) is 0 Å². The number of halogens is 1. The van der Waals surface area contributed by atoms with E-state index in [1.54, 1.807) is 24.0 Å². The van der Waals surface area contributed by atoms with Crippen molar-refractivity contribution < 1.29 is 13.9 Å². The van der Waals surface area contributed by atoms with Crippen LogP contribution in [-0.4, -0.2) is 19.1 Å². The van der Waals surface area contributed by atoms with E-state index in [2.05, 4.69) is 0 Å². The predicted molar refractivity (Wildman–Crippen MR) is 79.4 cm³/mol. The molecule has 0 atom stereocenters. The smallest absolute Gasteiger partial charge is 0.261 e. The molecule has 0 aliphatic carbocycles. The summed E-state index contributed by atoms with van der Waals surface area (Å²) in [6.07, 6.45) is 0.716. The van der Waals surface area contributed by atoms with Gasteiger partial charge in [0.2, 0.25) is 0 Å². The number of benzene rings is 2. The quantitative estimate of drug-likeness (QED) is 0.801. The molecule has 108 valence electrons. The van der Waals surface area contributed by atoms with Crippen molar-refractivity contribution in [3.05, 3.63) is 59.4 Å². The van der Waals surface area contributed by atoms with E-state index in [1.807, 2.05) is 24.3 Å². The highest BCUT2D eigenvalue weighted by atomic mass is 19.1. The van der Waals surface area contributed by atoms with Crippen LogP contribution in [0.2, 0.25) is 0 Å². The van der Waals surface area contributed by atoms with Crippen LogP contribution < -0.4 is 9.64 Å². The van der Waals surface area contributed by atoms with E-state index in [1.165, 1.54) is 6.07 Å². The van der Waals surface area contributed by atoms with E-state index in [4.69, 9.17) is 4.74 Å². The lowest BCUT2D eigenvalue weighted by Crippen LogP contribution is -2.32. The molecule has 2 aromatic rings. The van der Waals surface area contributed by atoms with Crippen molar-refractivity contribution in [2.24, 2.45) is 0 Å². The third kappa shape index (κ3) is 2.61. The Balaban J connectivity index is 2.01. The fraction of sp³-hybridized carbons (Fsp3) is 0.235. The monoisotopic (exact) mass is 285 g/mol. The highest BCUT2D eigenvalue weighted by Crippen LogP contribution is 2.31. The molecule has 0 saturated carbocycles. The summed E-state index contributed by atoms with van der Waals surface area (Å²) in [4.78, 5) is 14.3. The van der Waals surface area contributed by atoms with E-state index in [9.17, 15) is 9.18 Å². The van der Waals surface area contributed by atoms with Crippen LogP contribution in [0, 0.1) is 12.7 Å². The molecular formula is C17H16FNO2. The number of carbonyl (C=O) groups is 1. The second kappa shape index (κ2) is 5.56. The van der Waals surface area contributed by atoms with Crippen molar-refractivity contribution in [3.8, 4) is 5.75 Å². The second-order valence-electron chi connectivity index (χ2n) is 5.11. The van der Waals surface area contributed by atoms with Gasteiger partial charge in [-0.3, -0.25) is 4.79 Å². The molecule has 0 spiro atoms. The Morgan fingerprint density at radius 3 is 2.86 bits per heavy atom. The molecule has 1 amide bonds. The van der Waals surface area contributed by atoms with Gasteiger partial charge in [-0.05, 0) is 43.2 Å². The van der Waals surface area contributed by atoms with Gasteiger partial charge in [-0.2, -0.15) is 0 Å². The molecule has 0 fully saturated rings. The average Bonchev–Trinajstić information content (AvgIpc) is 2.69. The minimum absolute atomic E-state index is 0.0947. The van der Waals surface area contributed by atoms with Gasteiger partial charge in [0.1, 0.15) is 11.6 Å². The Bertz CT molecular complexity index is 684. The molecule has 3 rings (SSSR count). The van der Waals surface area contributed by atoms with Crippen LogP contribution >= 0.6 is 0 Å². The maximum atomic E-state index is 14.1. The number of aryl methyl sites for hydroxylation is 1. The second-order valence-corrected chi connectivity index (χ2v) is 5.11. The number of rotatable bonds is 1. The Morgan fingerprint density at radius 2 is 2.05 bits per heavy atom. The summed E-state index contributed by atoms with van der Waals surface area (Å²) in [5.74, 6) is -0.149. The van der Waals surface area contributed by atoms with Crippen LogP contribution in [0.25, 0.3) is 0 Å². The Hall–Kier alpha value is -2.36. The van der Waals surface area contributed by atoms with E-state index in [0.29, 0.717) is 31.0 Å². The largest absolute Gasteiger partial charge is 0.491 e. The van der Waals surface area contributed by atoms with Crippen LogP contribution in [0.4, 0.5) is 10.1 Å². The molecule has 1 aliphatic rings. The van der Waals surface area contributed by atoms with Gasteiger partial charge in [0.15, 0.2) is 0 Å². The Labute approximate surface area is 123 Å². The van der Waals surface area contributed by atoms with Crippen molar-refractivity contribution in [1.82, 2.24) is 0 Å². The zero-order valence-corrected chi connectivity index (χ0v) is 11.8. The number of para-hydroxylation sites is 2. The minimum atomic E-state index is -0.484. The Morgan fingerprint density at radius 1 is 1.24 bits per heavy atom. The van der Waals surface area contributed by atoms with Gasteiger partial charge in [-0.1, -0.05) is 18.2 Å². The molecule has 2 aromatic carbocycles. The normalized spacial score (nSPS) is 14.1. The molecular weight excluding hydrogens is 269 g/mol. The highest BCUT2D eigenvalue weighted by Gasteiger charge is 2.24. The first-order valence-electron chi connectivity index (χ1n) is 6.96. The molecule has 4 heteroatoms. The first kappa shape index (κ1) is 13.6. The predicted octanol–water partition coefficient (Wildman–Crippen LogP) is 3.56. The van der Waals surface area contributed by atoms with E-state index < -0.39 is 5.82 Å². The number of anilines is 1. The number of hydrogen-bond acceptors (Lipinski definition) is 2. The van der Waals surface area contributed by atoms with Crippen molar-refractivity contribution >= 4 is 11.6 Å². The van der Waals surface area contributed by atoms with Crippen LogP contribution in [-0.2, 0) is 0 Å². The molecule has 0 aromatic heterocycles. The number of hydrogen-bond donors (Lipinski definition) is 0. The van der Waals surface area contributed by atoms with E-state index >= 15 is 0 Å². The van der Waals surface area contributed by atoms with Gasteiger partial charge >= 0.3 is 0 Å². The minimum Gasteiger partial charge on any atom is -0.491 e. The molecule has 1 heterocycles. The lowest BCUT2D eigenvalue weighted by atomic mass is 10.1. The first-order valence-corrected chi connectivity index (χ1v) is 6.96. The van der Waals surface area contributed by atoms with Gasteiger partial charge in [0.05, 0.1) is 17.9 Å². The lowest BCUT2D eigenvalue weighted by molar-refractivity contribution is 0.0983.